The second kappa shape index (κ2) is 15.4. The van der Waals surface area contributed by atoms with E-state index in [2.05, 4.69) is 13.8 Å². The molecule has 1 aliphatic heterocycles. The normalized spacial score (nSPS) is 21.5. The van der Waals surface area contributed by atoms with Gasteiger partial charge in [0.25, 0.3) is 8.32 Å². The van der Waals surface area contributed by atoms with Crippen LogP contribution < -0.4 is 15.1 Å². The molecule has 1 heterocycles. The van der Waals surface area contributed by atoms with E-state index in [0.29, 0.717) is 36.5 Å². The number of hydrogen-bond acceptors (Lipinski definition) is 7. The van der Waals surface area contributed by atoms with Gasteiger partial charge in [-0.25, -0.2) is 0 Å². The summed E-state index contributed by atoms with van der Waals surface area (Å²) >= 11 is 6.65. The summed E-state index contributed by atoms with van der Waals surface area (Å²) in [4.78, 5) is 24.8. The minimum absolute atomic E-state index is 0.343. The van der Waals surface area contributed by atoms with Crippen LogP contribution in [0.1, 0.15) is 63.3 Å². The van der Waals surface area contributed by atoms with Gasteiger partial charge in [0.1, 0.15) is 24.1 Å². The molecule has 1 saturated heterocycles. The van der Waals surface area contributed by atoms with E-state index in [-0.39, 0.29) is 0 Å². The van der Waals surface area contributed by atoms with Crippen LogP contribution in [0.4, 0.5) is 0 Å². The van der Waals surface area contributed by atoms with E-state index in [1.807, 2.05) is 97.9 Å². The van der Waals surface area contributed by atoms with E-state index < -0.39 is 49.8 Å². The highest BCUT2D eigenvalue weighted by Gasteiger charge is 2.52. The zero-order valence-corrected chi connectivity index (χ0v) is 29.6. The lowest BCUT2D eigenvalue weighted by Crippen LogP contribution is -2.65. The van der Waals surface area contributed by atoms with Crippen LogP contribution in [0.25, 0.3) is 0 Å². The highest BCUT2D eigenvalue weighted by atomic mass is 35.5. The lowest BCUT2D eigenvalue weighted by atomic mass is 9.87. The third kappa shape index (κ3) is 7.70. The Bertz CT molecular complexity index is 1610. The van der Waals surface area contributed by atoms with E-state index in [4.69, 9.17) is 25.8 Å². The molecule has 0 bridgehead atoms. The fraction of sp³-hybridized carbons (Fsp3) is 0.359. The number of aliphatic hydroxyl groups excluding tert-OH is 2. The van der Waals surface area contributed by atoms with E-state index in [1.165, 1.54) is 6.92 Å². The first-order chi connectivity index (χ1) is 22.9. The molecular weight excluding hydrogens is 644 g/mol. The molecule has 4 aromatic carbocycles. The first-order valence-electron chi connectivity index (χ1n) is 16.5. The number of aliphatic hydroxyl groups is 2. The third-order valence-electron chi connectivity index (χ3n) is 9.43. The Morgan fingerprint density at radius 2 is 1.50 bits per heavy atom. The van der Waals surface area contributed by atoms with Crippen molar-refractivity contribution < 1.29 is 34.0 Å². The van der Waals surface area contributed by atoms with E-state index in [9.17, 15) is 19.8 Å². The second-order valence-corrected chi connectivity index (χ2v) is 17.5. The monoisotopic (exact) mass is 688 g/mol. The van der Waals surface area contributed by atoms with Crippen molar-refractivity contribution >= 4 is 36.3 Å². The summed E-state index contributed by atoms with van der Waals surface area (Å²) < 4.78 is 17.7. The van der Waals surface area contributed by atoms with Crippen LogP contribution in [-0.2, 0) is 20.7 Å². The number of carbonyl (C=O) groups is 1. The van der Waals surface area contributed by atoms with Gasteiger partial charge in [-0.05, 0) is 76.5 Å². The maximum absolute atomic E-state index is 12.6. The molecule has 4 aromatic rings. The van der Waals surface area contributed by atoms with Crippen LogP contribution in [0, 0.1) is 0 Å². The van der Waals surface area contributed by atoms with Gasteiger partial charge in [-0.1, -0.05) is 110 Å². The summed E-state index contributed by atoms with van der Waals surface area (Å²) in [5, 5.41) is 24.4. The predicted octanol–water partition coefficient (Wildman–Crippen LogP) is 5.74. The van der Waals surface area contributed by atoms with Gasteiger partial charge in [0, 0.05) is 11.9 Å². The summed E-state index contributed by atoms with van der Waals surface area (Å²) in [6.45, 7) is 7.89. The largest absolute Gasteiger partial charge is 0.494 e. The van der Waals surface area contributed by atoms with Gasteiger partial charge < -0.3 is 29.2 Å². The van der Waals surface area contributed by atoms with Crippen molar-refractivity contribution in [2.75, 3.05) is 6.61 Å². The number of ether oxygens (including phenoxy) is 3. The molecular formula is C39H45ClO7Si. The number of esters is 1. The van der Waals surface area contributed by atoms with Crippen LogP contribution >= 0.6 is 11.6 Å². The van der Waals surface area contributed by atoms with Gasteiger partial charge in [-0.2, -0.15) is 0 Å². The maximum Gasteiger partial charge on any atom is 0.303 e. The van der Waals surface area contributed by atoms with E-state index in [1.54, 1.807) is 12.1 Å². The van der Waals surface area contributed by atoms with Crippen molar-refractivity contribution in [1.29, 1.82) is 0 Å². The summed E-state index contributed by atoms with van der Waals surface area (Å²) in [6.07, 6.45) is -4.15. The Hall–Kier alpha value is -3.50. The lowest BCUT2D eigenvalue weighted by molar-refractivity contribution is -0.236. The molecule has 3 N–H and O–H groups in total. The van der Waals surface area contributed by atoms with Crippen LogP contribution in [0.2, 0.25) is 10.1 Å². The van der Waals surface area contributed by atoms with Crippen molar-refractivity contribution in [3.63, 3.8) is 0 Å². The zero-order valence-electron chi connectivity index (χ0n) is 27.9. The molecule has 7 nitrogen and oxygen atoms in total. The van der Waals surface area contributed by atoms with Crippen molar-refractivity contribution in [1.82, 2.24) is 0 Å². The number of hydrogen-bond donors (Lipinski definition) is 3. The Morgan fingerprint density at radius 3 is 2.06 bits per heavy atom. The van der Waals surface area contributed by atoms with Crippen LogP contribution in [0.15, 0.2) is 103 Å². The molecule has 5 rings (SSSR count). The van der Waals surface area contributed by atoms with Crippen LogP contribution in [0.5, 0.6) is 5.75 Å². The van der Waals surface area contributed by atoms with Crippen LogP contribution in [0.3, 0.4) is 0 Å². The van der Waals surface area contributed by atoms with Gasteiger partial charge in [0.05, 0.1) is 12.7 Å². The van der Waals surface area contributed by atoms with Gasteiger partial charge >= 0.3 is 5.97 Å². The molecule has 1 aliphatic rings. The SMILES string of the molecule is CCOc1ccc(Cc2cc(C3OC(CCC(C)(C)[Si](O)(c4ccccc4)c4ccccc4)C(O)C(O)C3OC(C)=O)ccc2Cl)cc1. The minimum atomic E-state index is -3.32. The molecule has 48 heavy (non-hydrogen) atoms. The van der Waals surface area contributed by atoms with E-state index in [0.717, 1.165) is 27.2 Å². The quantitative estimate of drug-likeness (QED) is 0.129. The maximum atomic E-state index is 12.6. The fourth-order valence-corrected chi connectivity index (χ4v) is 10.7. The Labute approximate surface area is 289 Å². The molecule has 1 fully saturated rings. The number of carbonyl (C=O) groups excluding carboxylic acids is 1. The highest BCUT2D eigenvalue weighted by molar-refractivity contribution is 6.98. The van der Waals surface area contributed by atoms with Gasteiger partial charge in [-0.15, -0.1) is 0 Å². The fourth-order valence-electron chi connectivity index (χ4n) is 6.76. The smallest absolute Gasteiger partial charge is 0.303 e. The molecule has 0 radical (unpaired) electrons. The molecule has 9 heteroatoms. The molecule has 254 valence electrons. The molecule has 0 spiro atoms. The topological polar surface area (TPSA) is 105 Å². The average molecular weight is 689 g/mol. The molecule has 0 amide bonds. The predicted molar refractivity (Wildman–Crippen MR) is 190 cm³/mol. The molecule has 5 unspecified atom stereocenters. The summed E-state index contributed by atoms with van der Waals surface area (Å²) in [5.41, 5.74) is 2.53. The number of rotatable bonds is 12. The summed E-state index contributed by atoms with van der Waals surface area (Å²) in [5.74, 6) is 0.195. The van der Waals surface area contributed by atoms with Gasteiger partial charge in [0.15, 0.2) is 6.10 Å². The molecule has 0 saturated carbocycles. The molecule has 0 aliphatic carbocycles. The standard InChI is InChI=1S/C39H45ClO7Si/c1-5-45-30-19-16-27(17-20-30)24-29-25-28(18-21-33(29)40)37-38(46-26(2)41)36(43)35(42)34(47-37)22-23-39(3,4)48(44,31-12-8-6-9-13-31)32-14-10-7-11-15-32/h6-21,25,34-38,42-44H,5,22-24H2,1-4H3. The third-order valence-corrected chi connectivity index (χ3v) is 14.3. The van der Waals surface area contributed by atoms with E-state index >= 15 is 0 Å². The highest BCUT2D eigenvalue weighted by Crippen LogP contribution is 2.43. The molecule has 0 aromatic heterocycles. The van der Waals surface area contributed by atoms with Crippen molar-refractivity contribution in [3.05, 3.63) is 125 Å². The molecule has 5 atom stereocenters. The summed E-state index contributed by atoms with van der Waals surface area (Å²) in [6, 6.07) is 32.8. The Balaban J connectivity index is 1.42. The summed E-state index contributed by atoms with van der Waals surface area (Å²) in [7, 11) is -3.32. The minimum Gasteiger partial charge on any atom is -0.494 e. The van der Waals surface area contributed by atoms with Crippen molar-refractivity contribution in [2.45, 2.75) is 82.5 Å². The van der Waals surface area contributed by atoms with Crippen molar-refractivity contribution in [2.24, 2.45) is 0 Å². The Kier molecular flexibility index (Phi) is 11.5. The van der Waals surface area contributed by atoms with Crippen LogP contribution in [-0.4, -0.2) is 60.3 Å². The zero-order chi connectivity index (χ0) is 34.5. The first-order valence-corrected chi connectivity index (χ1v) is 18.8. The van der Waals surface area contributed by atoms with Gasteiger partial charge in [-0.3, -0.25) is 4.79 Å². The van der Waals surface area contributed by atoms with Crippen molar-refractivity contribution in [3.8, 4) is 5.75 Å². The lowest BCUT2D eigenvalue weighted by Gasteiger charge is -2.45. The first kappa shape index (κ1) is 35.8. The second-order valence-electron chi connectivity index (χ2n) is 13.1. The van der Waals surface area contributed by atoms with Gasteiger partial charge in [0.2, 0.25) is 0 Å². The Morgan fingerprint density at radius 1 is 0.896 bits per heavy atom. The number of halogens is 1. The number of benzene rings is 4. The average Bonchev–Trinajstić information content (AvgIpc) is 3.08.